The van der Waals surface area contributed by atoms with Gasteiger partial charge in [0, 0.05) is 5.56 Å². The molecule has 0 aliphatic rings. The lowest BCUT2D eigenvalue weighted by Crippen LogP contribution is -2.10. The maximum absolute atomic E-state index is 11.3. The molecular formula is C16H12BrNO3. The fraction of sp³-hybridized carbons (Fsp3) is 0.125. The first-order valence-corrected chi connectivity index (χ1v) is 7.33. The van der Waals surface area contributed by atoms with Crippen LogP contribution in [0.2, 0.25) is 0 Å². The Labute approximate surface area is 131 Å². The van der Waals surface area contributed by atoms with E-state index in [1.807, 2.05) is 36.4 Å². The van der Waals surface area contributed by atoms with Gasteiger partial charge in [-0.25, -0.2) is 0 Å². The van der Waals surface area contributed by atoms with Crippen molar-refractivity contribution in [2.24, 2.45) is 0 Å². The number of alkyl halides is 1. The number of esters is 1. The van der Waals surface area contributed by atoms with Gasteiger partial charge in [0.1, 0.15) is 22.9 Å². The Morgan fingerprint density at radius 3 is 2.52 bits per heavy atom. The molecule has 0 N–H and O–H groups in total. The summed E-state index contributed by atoms with van der Waals surface area (Å²) < 4.78 is 10.7. The van der Waals surface area contributed by atoms with Gasteiger partial charge < -0.3 is 9.47 Å². The van der Waals surface area contributed by atoms with Crippen molar-refractivity contribution >= 4 is 21.9 Å². The number of para-hydroxylation sites is 1. The van der Waals surface area contributed by atoms with Gasteiger partial charge in [0.15, 0.2) is 0 Å². The van der Waals surface area contributed by atoms with Crippen LogP contribution in [0, 0.1) is 11.3 Å². The van der Waals surface area contributed by atoms with E-state index >= 15 is 0 Å². The summed E-state index contributed by atoms with van der Waals surface area (Å²) in [4.78, 5) is 11.3. The number of hydrogen-bond acceptors (Lipinski definition) is 4. The number of nitriles is 1. The molecule has 4 nitrogen and oxygen atoms in total. The third kappa shape index (κ3) is 4.33. The van der Waals surface area contributed by atoms with Gasteiger partial charge >= 0.3 is 5.97 Å². The molecule has 0 bridgehead atoms. The zero-order valence-electron chi connectivity index (χ0n) is 11.0. The van der Waals surface area contributed by atoms with Gasteiger partial charge in [-0.1, -0.05) is 46.3 Å². The maximum Gasteiger partial charge on any atom is 0.318 e. The van der Waals surface area contributed by atoms with E-state index in [-0.39, 0.29) is 5.33 Å². The van der Waals surface area contributed by atoms with E-state index in [9.17, 15) is 4.79 Å². The number of ether oxygens (including phenoxy) is 2. The van der Waals surface area contributed by atoms with E-state index in [1.165, 1.54) is 0 Å². The predicted molar refractivity (Wildman–Crippen MR) is 81.2 cm³/mol. The fourth-order valence-electron chi connectivity index (χ4n) is 1.70. The Morgan fingerprint density at radius 1 is 1.14 bits per heavy atom. The van der Waals surface area contributed by atoms with E-state index in [0.29, 0.717) is 17.1 Å². The molecular weight excluding hydrogens is 334 g/mol. The van der Waals surface area contributed by atoms with Gasteiger partial charge in [0.2, 0.25) is 6.10 Å². The third-order valence-electron chi connectivity index (χ3n) is 2.62. The van der Waals surface area contributed by atoms with Crippen molar-refractivity contribution in [1.29, 1.82) is 5.26 Å². The average molecular weight is 346 g/mol. The second-order valence-corrected chi connectivity index (χ2v) is 4.68. The molecule has 2 aromatic rings. The van der Waals surface area contributed by atoms with Crippen LogP contribution in [-0.2, 0) is 9.53 Å². The average Bonchev–Trinajstić information content (AvgIpc) is 2.53. The topological polar surface area (TPSA) is 59.3 Å². The number of nitrogens with zero attached hydrogens (tertiary/aromatic N) is 1. The second kappa shape index (κ2) is 7.46. The van der Waals surface area contributed by atoms with Crippen LogP contribution in [0.4, 0.5) is 0 Å². The molecule has 5 heteroatoms. The fourth-order valence-corrected chi connectivity index (χ4v) is 1.83. The highest BCUT2D eigenvalue weighted by atomic mass is 79.9. The summed E-state index contributed by atoms with van der Waals surface area (Å²) in [6, 6.07) is 18.2. The second-order valence-electron chi connectivity index (χ2n) is 4.12. The molecule has 0 aliphatic carbocycles. The van der Waals surface area contributed by atoms with Crippen LogP contribution in [-0.4, -0.2) is 11.3 Å². The number of rotatable bonds is 5. The molecule has 0 radical (unpaired) electrons. The van der Waals surface area contributed by atoms with E-state index in [1.54, 1.807) is 24.3 Å². The Hall–Kier alpha value is -2.32. The molecule has 0 amide bonds. The van der Waals surface area contributed by atoms with E-state index in [2.05, 4.69) is 15.9 Å². The lowest BCUT2D eigenvalue weighted by Gasteiger charge is -2.12. The molecule has 0 unspecified atom stereocenters. The van der Waals surface area contributed by atoms with Crippen molar-refractivity contribution in [3.05, 3.63) is 60.2 Å². The molecule has 106 valence electrons. The standard InChI is InChI=1S/C16H12BrNO3/c17-10-16(19)21-15(11-18)12-5-4-8-14(9-12)20-13-6-2-1-3-7-13/h1-9,15H,10H2/t15-/m0/s1. The normalized spacial score (nSPS) is 11.2. The van der Waals surface area contributed by atoms with Crippen LogP contribution in [0.15, 0.2) is 54.6 Å². The summed E-state index contributed by atoms with van der Waals surface area (Å²) in [5.41, 5.74) is 0.570. The highest BCUT2D eigenvalue weighted by molar-refractivity contribution is 9.09. The van der Waals surface area contributed by atoms with Crippen molar-refractivity contribution in [1.82, 2.24) is 0 Å². The van der Waals surface area contributed by atoms with Crippen LogP contribution in [0.1, 0.15) is 11.7 Å². The van der Waals surface area contributed by atoms with Gasteiger partial charge in [-0.05, 0) is 24.3 Å². The van der Waals surface area contributed by atoms with Gasteiger partial charge in [-0.2, -0.15) is 5.26 Å². The minimum absolute atomic E-state index is 0.0470. The Kier molecular flexibility index (Phi) is 5.35. The first-order valence-electron chi connectivity index (χ1n) is 6.21. The molecule has 2 aromatic carbocycles. The Morgan fingerprint density at radius 2 is 1.86 bits per heavy atom. The molecule has 0 saturated heterocycles. The summed E-state index contributed by atoms with van der Waals surface area (Å²) in [7, 11) is 0. The van der Waals surface area contributed by atoms with Crippen LogP contribution >= 0.6 is 15.9 Å². The molecule has 0 aromatic heterocycles. The molecule has 0 aliphatic heterocycles. The first kappa shape index (κ1) is 15.1. The zero-order chi connectivity index (χ0) is 15.1. The maximum atomic E-state index is 11.3. The van der Waals surface area contributed by atoms with E-state index in [4.69, 9.17) is 14.7 Å². The van der Waals surface area contributed by atoms with Gasteiger partial charge in [-0.15, -0.1) is 0 Å². The minimum atomic E-state index is -0.950. The number of hydrogen-bond donors (Lipinski definition) is 0. The smallest absolute Gasteiger partial charge is 0.318 e. The molecule has 0 saturated carbocycles. The van der Waals surface area contributed by atoms with Crippen molar-refractivity contribution in [3.8, 4) is 17.6 Å². The number of benzene rings is 2. The van der Waals surface area contributed by atoms with Crippen LogP contribution in [0.3, 0.4) is 0 Å². The number of carbonyl (C=O) groups is 1. The number of halogens is 1. The Bertz CT molecular complexity index is 652. The SMILES string of the molecule is N#C[C@H](OC(=O)CBr)c1cccc(Oc2ccccc2)c1. The quantitative estimate of drug-likeness (QED) is 0.607. The largest absolute Gasteiger partial charge is 0.457 e. The first-order chi connectivity index (χ1) is 10.2. The molecule has 1 atom stereocenters. The summed E-state index contributed by atoms with van der Waals surface area (Å²) in [6.45, 7) is 0. The highest BCUT2D eigenvalue weighted by Crippen LogP contribution is 2.25. The van der Waals surface area contributed by atoms with E-state index < -0.39 is 12.1 Å². The summed E-state index contributed by atoms with van der Waals surface area (Å²) >= 11 is 3.00. The van der Waals surface area contributed by atoms with Crippen LogP contribution in [0.25, 0.3) is 0 Å². The zero-order valence-corrected chi connectivity index (χ0v) is 12.6. The molecule has 0 heterocycles. The van der Waals surface area contributed by atoms with Gasteiger partial charge in [0.05, 0.1) is 0 Å². The molecule has 21 heavy (non-hydrogen) atoms. The molecule has 0 fully saturated rings. The monoisotopic (exact) mass is 345 g/mol. The van der Waals surface area contributed by atoms with Gasteiger partial charge in [0.25, 0.3) is 0 Å². The lowest BCUT2D eigenvalue weighted by atomic mass is 10.1. The van der Waals surface area contributed by atoms with E-state index in [0.717, 1.165) is 0 Å². The highest BCUT2D eigenvalue weighted by Gasteiger charge is 2.16. The van der Waals surface area contributed by atoms with Crippen molar-refractivity contribution < 1.29 is 14.3 Å². The van der Waals surface area contributed by atoms with Crippen molar-refractivity contribution in [3.63, 3.8) is 0 Å². The number of carbonyl (C=O) groups excluding carboxylic acids is 1. The third-order valence-corrected chi connectivity index (χ3v) is 3.07. The summed E-state index contributed by atoms with van der Waals surface area (Å²) in [5, 5.41) is 9.17. The Balaban J connectivity index is 2.17. The summed E-state index contributed by atoms with van der Waals surface area (Å²) in [5.74, 6) is 0.783. The van der Waals surface area contributed by atoms with Crippen LogP contribution in [0.5, 0.6) is 11.5 Å². The van der Waals surface area contributed by atoms with Gasteiger partial charge in [-0.3, -0.25) is 4.79 Å². The predicted octanol–water partition coefficient (Wildman–Crippen LogP) is 3.98. The van der Waals surface area contributed by atoms with Crippen molar-refractivity contribution in [2.75, 3.05) is 5.33 Å². The summed E-state index contributed by atoms with van der Waals surface area (Å²) in [6.07, 6.45) is -0.950. The van der Waals surface area contributed by atoms with Crippen LogP contribution < -0.4 is 4.74 Å². The lowest BCUT2D eigenvalue weighted by molar-refractivity contribution is -0.143. The molecule has 2 rings (SSSR count). The molecule has 0 spiro atoms. The van der Waals surface area contributed by atoms with Crippen molar-refractivity contribution in [2.45, 2.75) is 6.10 Å². The minimum Gasteiger partial charge on any atom is -0.457 e.